The molecule has 2 heterocycles. The van der Waals surface area contributed by atoms with Crippen molar-refractivity contribution >= 4 is 21.6 Å². The van der Waals surface area contributed by atoms with Gasteiger partial charge in [-0.15, -0.1) is 0 Å². The first-order valence-corrected chi connectivity index (χ1v) is 5.77. The molecule has 6 heteroatoms. The van der Waals surface area contributed by atoms with Crippen LogP contribution in [0.4, 0.5) is 5.69 Å². The molecule has 2 rings (SSSR count). The second-order valence-electron chi connectivity index (χ2n) is 3.54. The van der Waals surface area contributed by atoms with E-state index in [1.54, 1.807) is 30.9 Å². The van der Waals surface area contributed by atoms with Gasteiger partial charge in [-0.1, -0.05) is 0 Å². The average Bonchev–Trinajstić information content (AvgIpc) is 2.33. The number of anilines is 1. The number of hydrazine groups is 1. The Bertz CT molecular complexity index is 517. The van der Waals surface area contributed by atoms with E-state index in [9.17, 15) is 0 Å². The highest BCUT2D eigenvalue weighted by Crippen LogP contribution is 2.26. The van der Waals surface area contributed by atoms with Crippen LogP contribution in [0, 0.1) is 0 Å². The molecule has 5 N–H and O–H groups in total. The molecule has 0 aromatic carbocycles. The molecule has 88 valence electrons. The summed E-state index contributed by atoms with van der Waals surface area (Å²) in [7, 11) is 0. The SMILES string of the molecule is NNC(c1cncc(Br)c1)c1cnccc1N. The van der Waals surface area contributed by atoms with Gasteiger partial charge in [0, 0.05) is 40.5 Å². The van der Waals surface area contributed by atoms with E-state index in [4.69, 9.17) is 11.6 Å². The predicted octanol–water partition coefficient (Wildman–Crippen LogP) is 1.37. The smallest absolute Gasteiger partial charge is 0.0760 e. The quantitative estimate of drug-likeness (QED) is 0.587. The maximum absolute atomic E-state index is 5.90. The molecular formula is C11H12BrN5. The number of pyridine rings is 2. The van der Waals surface area contributed by atoms with E-state index in [1.165, 1.54) is 0 Å². The Hall–Kier alpha value is -1.50. The summed E-state index contributed by atoms with van der Waals surface area (Å²) in [5.74, 6) is 5.58. The highest BCUT2D eigenvalue weighted by Gasteiger charge is 2.15. The standard InChI is InChI=1S/C11H12BrN5/c12-8-3-7(4-16-5-8)11(17-14)9-6-15-2-1-10(9)13/h1-6,11,17H,14H2,(H2,13,15). The van der Waals surface area contributed by atoms with Gasteiger partial charge >= 0.3 is 0 Å². The number of halogens is 1. The number of nitrogen functional groups attached to an aromatic ring is 1. The van der Waals surface area contributed by atoms with Gasteiger partial charge in [0.2, 0.25) is 0 Å². The largest absolute Gasteiger partial charge is 0.398 e. The first-order chi connectivity index (χ1) is 8.22. The van der Waals surface area contributed by atoms with Crippen LogP contribution in [0.3, 0.4) is 0 Å². The van der Waals surface area contributed by atoms with E-state index in [-0.39, 0.29) is 6.04 Å². The number of hydrogen-bond donors (Lipinski definition) is 3. The summed E-state index contributed by atoms with van der Waals surface area (Å²) in [6.45, 7) is 0. The highest BCUT2D eigenvalue weighted by molar-refractivity contribution is 9.10. The van der Waals surface area contributed by atoms with Crippen molar-refractivity contribution in [3.8, 4) is 0 Å². The summed E-state index contributed by atoms with van der Waals surface area (Å²) >= 11 is 3.37. The number of aromatic nitrogens is 2. The number of nitrogens with two attached hydrogens (primary N) is 2. The lowest BCUT2D eigenvalue weighted by Crippen LogP contribution is -2.29. The van der Waals surface area contributed by atoms with Crippen LogP contribution in [-0.4, -0.2) is 9.97 Å². The van der Waals surface area contributed by atoms with Crippen molar-refractivity contribution in [2.75, 3.05) is 5.73 Å². The number of nitrogens with one attached hydrogen (secondary N) is 1. The topological polar surface area (TPSA) is 89.8 Å². The Morgan fingerprint density at radius 3 is 2.71 bits per heavy atom. The Morgan fingerprint density at radius 1 is 1.24 bits per heavy atom. The van der Waals surface area contributed by atoms with Gasteiger partial charge in [-0.3, -0.25) is 15.8 Å². The lowest BCUT2D eigenvalue weighted by molar-refractivity contribution is 0.634. The van der Waals surface area contributed by atoms with Crippen LogP contribution in [0.2, 0.25) is 0 Å². The molecule has 5 nitrogen and oxygen atoms in total. The van der Waals surface area contributed by atoms with Crippen LogP contribution < -0.4 is 17.0 Å². The summed E-state index contributed by atoms with van der Waals surface area (Å²) in [5.41, 5.74) is 11.0. The third-order valence-corrected chi connectivity index (χ3v) is 2.86. The molecule has 2 aromatic heterocycles. The normalized spacial score (nSPS) is 12.4. The Labute approximate surface area is 107 Å². The van der Waals surface area contributed by atoms with Crippen molar-refractivity contribution in [2.45, 2.75) is 6.04 Å². The number of hydrogen-bond acceptors (Lipinski definition) is 5. The molecular weight excluding hydrogens is 282 g/mol. The minimum atomic E-state index is -0.228. The Balaban J connectivity index is 2.44. The molecule has 0 aliphatic carbocycles. The third-order valence-electron chi connectivity index (χ3n) is 2.42. The molecule has 0 amide bonds. The second kappa shape index (κ2) is 5.22. The fourth-order valence-electron chi connectivity index (χ4n) is 1.61. The molecule has 0 fully saturated rings. The summed E-state index contributed by atoms with van der Waals surface area (Å²) in [6, 6.07) is 3.45. The van der Waals surface area contributed by atoms with E-state index >= 15 is 0 Å². The zero-order valence-electron chi connectivity index (χ0n) is 8.97. The van der Waals surface area contributed by atoms with Crippen LogP contribution >= 0.6 is 15.9 Å². The summed E-state index contributed by atoms with van der Waals surface area (Å²) < 4.78 is 0.887. The second-order valence-corrected chi connectivity index (χ2v) is 4.46. The predicted molar refractivity (Wildman–Crippen MR) is 69.8 cm³/mol. The molecule has 2 aromatic rings. The number of rotatable bonds is 3. The van der Waals surface area contributed by atoms with Crippen LogP contribution in [0.15, 0.2) is 41.4 Å². The average molecular weight is 294 g/mol. The van der Waals surface area contributed by atoms with Gasteiger partial charge in [0.1, 0.15) is 0 Å². The van der Waals surface area contributed by atoms with Gasteiger partial charge < -0.3 is 5.73 Å². The van der Waals surface area contributed by atoms with Gasteiger partial charge in [0.05, 0.1) is 6.04 Å². The van der Waals surface area contributed by atoms with E-state index in [2.05, 4.69) is 31.3 Å². The zero-order chi connectivity index (χ0) is 12.3. The van der Waals surface area contributed by atoms with Crippen LogP contribution in [-0.2, 0) is 0 Å². The molecule has 1 unspecified atom stereocenters. The first-order valence-electron chi connectivity index (χ1n) is 4.98. The molecule has 0 saturated heterocycles. The summed E-state index contributed by atoms with van der Waals surface area (Å²) in [4.78, 5) is 8.16. The summed E-state index contributed by atoms with van der Waals surface area (Å²) in [6.07, 6.45) is 6.79. The van der Waals surface area contributed by atoms with Crippen LogP contribution in [0.1, 0.15) is 17.2 Å². The minimum absolute atomic E-state index is 0.228. The molecule has 17 heavy (non-hydrogen) atoms. The molecule has 0 saturated carbocycles. The number of nitrogens with zero attached hydrogens (tertiary/aromatic N) is 2. The lowest BCUT2D eigenvalue weighted by Gasteiger charge is -2.17. The third kappa shape index (κ3) is 2.60. The summed E-state index contributed by atoms with van der Waals surface area (Å²) in [5, 5.41) is 0. The van der Waals surface area contributed by atoms with Gasteiger partial charge in [0.15, 0.2) is 0 Å². The maximum Gasteiger partial charge on any atom is 0.0760 e. The van der Waals surface area contributed by atoms with Crippen molar-refractivity contribution in [3.63, 3.8) is 0 Å². The Morgan fingerprint density at radius 2 is 2.06 bits per heavy atom. The maximum atomic E-state index is 5.90. The van der Waals surface area contributed by atoms with E-state index in [0.717, 1.165) is 15.6 Å². The first kappa shape index (κ1) is 12.0. The Kier molecular flexibility index (Phi) is 3.68. The molecule has 0 aliphatic rings. The lowest BCUT2D eigenvalue weighted by atomic mass is 10.0. The van der Waals surface area contributed by atoms with Crippen molar-refractivity contribution in [1.29, 1.82) is 0 Å². The van der Waals surface area contributed by atoms with Gasteiger partial charge in [0.25, 0.3) is 0 Å². The van der Waals surface area contributed by atoms with Crippen molar-refractivity contribution in [1.82, 2.24) is 15.4 Å². The molecule has 0 aliphatic heterocycles. The van der Waals surface area contributed by atoms with Crippen molar-refractivity contribution < 1.29 is 0 Å². The fourth-order valence-corrected chi connectivity index (χ4v) is 1.99. The molecule has 0 bridgehead atoms. The van der Waals surface area contributed by atoms with Gasteiger partial charge in [-0.25, -0.2) is 5.43 Å². The minimum Gasteiger partial charge on any atom is -0.398 e. The van der Waals surface area contributed by atoms with Gasteiger partial charge in [-0.2, -0.15) is 0 Å². The zero-order valence-corrected chi connectivity index (χ0v) is 10.6. The fraction of sp³-hybridized carbons (Fsp3) is 0.0909. The van der Waals surface area contributed by atoms with Crippen LogP contribution in [0.25, 0.3) is 0 Å². The van der Waals surface area contributed by atoms with E-state index in [0.29, 0.717) is 5.69 Å². The molecule has 0 radical (unpaired) electrons. The van der Waals surface area contributed by atoms with E-state index < -0.39 is 0 Å². The molecule has 1 atom stereocenters. The monoisotopic (exact) mass is 293 g/mol. The molecule has 0 spiro atoms. The highest BCUT2D eigenvalue weighted by atomic mass is 79.9. The van der Waals surface area contributed by atoms with Crippen molar-refractivity contribution in [3.05, 3.63) is 52.5 Å². The van der Waals surface area contributed by atoms with Crippen LogP contribution in [0.5, 0.6) is 0 Å². The van der Waals surface area contributed by atoms with Crippen molar-refractivity contribution in [2.24, 2.45) is 5.84 Å². The van der Waals surface area contributed by atoms with E-state index in [1.807, 2.05) is 6.07 Å². The van der Waals surface area contributed by atoms with Gasteiger partial charge in [-0.05, 0) is 33.6 Å².